The Morgan fingerprint density at radius 1 is 1.32 bits per heavy atom. The lowest BCUT2D eigenvalue weighted by Crippen LogP contribution is -2.30. The normalized spacial score (nSPS) is 11.1. The van der Waals surface area contributed by atoms with E-state index in [4.69, 9.17) is 5.11 Å². The minimum Gasteiger partial charge on any atom is -0.478 e. The molecule has 0 saturated carbocycles. The van der Waals surface area contributed by atoms with Crippen molar-refractivity contribution in [2.45, 2.75) is 18.7 Å². The van der Waals surface area contributed by atoms with Gasteiger partial charge in [-0.3, -0.25) is 4.79 Å². The first kappa shape index (κ1) is 15.2. The van der Waals surface area contributed by atoms with Crippen LogP contribution in [0.25, 0.3) is 0 Å². The van der Waals surface area contributed by atoms with Gasteiger partial charge in [0.1, 0.15) is 5.75 Å². The second-order valence-electron chi connectivity index (χ2n) is 3.95. The Kier molecular flexibility index (Phi) is 4.66. The fraction of sp³-hybridized carbons (Fsp3) is 0.333. The summed E-state index contributed by atoms with van der Waals surface area (Å²) in [6.45, 7) is 3.43. The van der Waals surface area contributed by atoms with Gasteiger partial charge in [0.2, 0.25) is 5.91 Å². The van der Waals surface area contributed by atoms with Gasteiger partial charge in [-0.25, -0.2) is 13.2 Å². The molecule has 0 radical (unpaired) electrons. The summed E-state index contributed by atoms with van der Waals surface area (Å²) in [4.78, 5) is 22.2. The van der Waals surface area contributed by atoms with Gasteiger partial charge in [-0.05, 0) is 31.5 Å². The molecule has 1 amide bonds. The molecular weight excluding hydrogens is 270 g/mol. The summed E-state index contributed by atoms with van der Waals surface area (Å²) in [6, 6.07) is 3.97. The van der Waals surface area contributed by atoms with Crippen molar-refractivity contribution < 1.29 is 23.1 Å². The second-order valence-corrected chi connectivity index (χ2v) is 5.90. The number of rotatable bonds is 5. The van der Waals surface area contributed by atoms with Crippen LogP contribution < -0.4 is 5.32 Å². The number of carboxylic acids is 1. The van der Waals surface area contributed by atoms with Gasteiger partial charge < -0.3 is 10.4 Å². The predicted molar refractivity (Wildman–Crippen MR) is 68.9 cm³/mol. The average molecular weight is 285 g/mol. The highest BCUT2D eigenvalue weighted by Gasteiger charge is 2.23. The number of aromatic carboxylic acids is 1. The lowest BCUT2D eigenvalue weighted by Gasteiger charge is -2.09. The number of benzene rings is 1. The minimum atomic E-state index is -3.84. The molecule has 6 nitrogen and oxygen atoms in total. The molecule has 1 aromatic rings. The molecule has 0 bridgehead atoms. The maximum atomic E-state index is 12.1. The summed E-state index contributed by atoms with van der Waals surface area (Å²) < 4.78 is 24.1. The Labute approximate surface area is 111 Å². The lowest BCUT2D eigenvalue weighted by molar-refractivity contribution is -0.118. The van der Waals surface area contributed by atoms with Gasteiger partial charge in [0.25, 0.3) is 0 Å². The topological polar surface area (TPSA) is 101 Å². The molecule has 0 aliphatic carbocycles. The number of hydrogen-bond donors (Lipinski definition) is 2. The van der Waals surface area contributed by atoms with E-state index >= 15 is 0 Å². The Hall–Kier alpha value is -1.89. The summed E-state index contributed by atoms with van der Waals surface area (Å²) in [7, 11) is -3.84. The van der Waals surface area contributed by atoms with Crippen LogP contribution in [0.15, 0.2) is 23.1 Å². The molecule has 0 unspecified atom stereocenters. The largest absolute Gasteiger partial charge is 0.478 e. The van der Waals surface area contributed by atoms with Crippen molar-refractivity contribution in [1.82, 2.24) is 5.32 Å². The zero-order valence-electron chi connectivity index (χ0n) is 10.6. The van der Waals surface area contributed by atoms with E-state index in [1.54, 1.807) is 6.92 Å². The van der Waals surface area contributed by atoms with Gasteiger partial charge in [0, 0.05) is 6.54 Å². The number of carbonyl (C=O) groups excluding carboxylic acids is 1. The first-order valence-electron chi connectivity index (χ1n) is 5.62. The maximum Gasteiger partial charge on any atom is 0.335 e. The molecule has 0 atom stereocenters. The zero-order chi connectivity index (χ0) is 14.6. The maximum absolute atomic E-state index is 12.1. The highest BCUT2D eigenvalue weighted by Crippen LogP contribution is 2.20. The van der Waals surface area contributed by atoms with Crippen molar-refractivity contribution >= 4 is 21.7 Å². The number of nitrogens with one attached hydrogen (secondary N) is 1. The molecule has 0 aliphatic heterocycles. The minimum absolute atomic E-state index is 0.0861. The summed E-state index contributed by atoms with van der Waals surface area (Å²) >= 11 is 0. The molecule has 0 saturated heterocycles. The summed E-state index contributed by atoms with van der Waals surface area (Å²) in [5.74, 6) is -2.50. The van der Waals surface area contributed by atoms with E-state index < -0.39 is 27.5 Å². The van der Waals surface area contributed by atoms with Gasteiger partial charge in [0.05, 0.1) is 10.5 Å². The van der Waals surface area contributed by atoms with E-state index in [9.17, 15) is 18.0 Å². The Bertz CT molecular complexity index is 607. The average Bonchev–Trinajstić information content (AvgIpc) is 2.27. The standard InChI is InChI=1S/C12H15NO5S/c1-3-13-11(14)7-19(17,18)10-6-4-5-9(8(10)2)12(15)16/h4-6H,3,7H2,1-2H3,(H,13,14)(H,15,16). The Morgan fingerprint density at radius 2 is 1.95 bits per heavy atom. The van der Waals surface area contributed by atoms with Crippen molar-refractivity contribution in [1.29, 1.82) is 0 Å². The molecule has 0 aliphatic rings. The third-order valence-corrected chi connectivity index (χ3v) is 4.30. The number of amides is 1. The third-order valence-electron chi connectivity index (χ3n) is 2.54. The van der Waals surface area contributed by atoms with Crippen LogP contribution in [0.2, 0.25) is 0 Å². The van der Waals surface area contributed by atoms with Gasteiger partial charge in [-0.15, -0.1) is 0 Å². The van der Waals surface area contributed by atoms with Crippen LogP contribution in [-0.2, 0) is 14.6 Å². The van der Waals surface area contributed by atoms with E-state index in [2.05, 4.69) is 5.32 Å². The number of carboxylic acid groups (broad SMARTS) is 1. The van der Waals surface area contributed by atoms with Crippen molar-refractivity contribution in [3.63, 3.8) is 0 Å². The molecule has 1 rings (SSSR count). The molecule has 0 aromatic heterocycles. The monoisotopic (exact) mass is 285 g/mol. The molecule has 0 spiro atoms. The van der Waals surface area contributed by atoms with Crippen molar-refractivity contribution in [2.75, 3.05) is 12.3 Å². The van der Waals surface area contributed by atoms with Crippen LogP contribution in [0.1, 0.15) is 22.8 Å². The fourth-order valence-corrected chi connectivity index (χ4v) is 3.15. The molecule has 104 valence electrons. The Morgan fingerprint density at radius 3 is 2.47 bits per heavy atom. The highest BCUT2D eigenvalue weighted by atomic mass is 32.2. The van der Waals surface area contributed by atoms with E-state index in [0.29, 0.717) is 6.54 Å². The first-order chi connectivity index (χ1) is 8.79. The van der Waals surface area contributed by atoms with Crippen LogP contribution in [0.4, 0.5) is 0 Å². The van der Waals surface area contributed by atoms with E-state index in [-0.39, 0.29) is 16.0 Å². The summed E-state index contributed by atoms with van der Waals surface area (Å²) in [5, 5.41) is 11.3. The molecule has 0 fully saturated rings. The van der Waals surface area contributed by atoms with Crippen LogP contribution in [-0.4, -0.2) is 37.7 Å². The van der Waals surface area contributed by atoms with Gasteiger partial charge in [0.15, 0.2) is 9.84 Å². The Balaban J connectivity index is 3.19. The molecule has 0 heterocycles. The molecule has 2 N–H and O–H groups in total. The summed E-state index contributed by atoms with van der Waals surface area (Å²) in [5.41, 5.74) is 0.0521. The molecule has 7 heteroatoms. The second kappa shape index (κ2) is 5.83. The van der Waals surface area contributed by atoms with Crippen LogP contribution in [0.5, 0.6) is 0 Å². The molecule has 19 heavy (non-hydrogen) atoms. The van der Waals surface area contributed by atoms with Crippen LogP contribution in [0, 0.1) is 6.92 Å². The van der Waals surface area contributed by atoms with E-state index in [0.717, 1.165) is 0 Å². The van der Waals surface area contributed by atoms with Crippen molar-refractivity contribution in [2.24, 2.45) is 0 Å². The van der Waals surface area contributed by atoms with Gasteiger partial charge in [-0.2, -0.15) is 0 Å². The zero-order valence-corrected chi connectivity index (χ0v) is 11.5. The first-order valence-corrected chi connectivity index (χ1v) is 7.27. The molecule has 1 aromatic carbocycles. The number of sulfone groups is 1. The van der Waals surface area contributed by atoms with Crippen LogP contribution >= 0.6 is 0 Å². The predicted octanol–water partition coefficient (Wildman–Crippen LogP) is 0.603. The highest BCUT2D eigenvalue weighted by molar-refractivity contribution is 7.92. The molecular formula is C12H15NO5S. The van der Waals surface area contributed by atoms with Gasteiger partial charge in [-0.1, -0.05) is 6.07 Å². The lowest BCUT2D eigenvalue weighted by atomic mass is 10.1. The van der Waals surface area contributed by atoms with E-state index in [1.807, 2.05) is 0 Å². The van der Waals surface area contributed by atoms with Crippen molar-refractivity contribution in [3.8, 4) is 0 Å². The van der Waals surface area contributed by atoms with E-state index in [1.165, 1.54) is 25.1 Å². The smallest absolute Gasteiger partial charge is 0.335 e. The third kappa shape index (κ3) is 3.54. The van der Waals surface area contributed by atoms with Gasteiger partial charge >= 0.3 is 5.97 Å². The fourth-order valence-electron chi connectivity index (χ4n) is 1.68. The summed E-state index contributed by atoms with van der Waals surface area (Å²) in [6.07, 6.45) is 0. The SMILES string of the molecule is CCNC(=O)CS(=O)(=O)c1cccc(C(=O)O)c1C. The number of carbonyl (C=O) groups is 2. The number of hydrogen-bond acceptors (Lipinski definition) is 4. The van der Waals surface area contributed by atoms with Crippen LogP contribution in [0.3, 0.4) is 0 Å². The van der Waals surface area contributed by atoms with Crippen molar-refractivity contribution in [3.05, 3.63) is 29.3 Å². The quantitative estimate of drug-likeness (QED) is 0.825.